The minimum absolute atomic E-state index is 0.388. The van der Waals surface area contributed by atoms with E-state index in [9.17, 15) is 9.59 Å². The fraction of sp³-hybridized carbons (Fsp3) is 0.833. The highest BCUT2D eigenvalue weighted by atomic mass is 16.4. The third-order valence-electron chi connectivity index (χ3n) is 2.70. The second-order valence-electron chi connectivity index (χ2n) is 5.51. The highest BCUT2D eigenvalue weighted by molar-refractivity contribution is 5.83. The quantitative estimate of drug-likeness (QED) is 0.690. The molecule has 0 aromatic carbocycles. The molecule has 0 aromatic rings. The van der Waals surface area contributed by atoms with E-state index in [-0.39, 0.29) is 0 Å². The third-order valence-corrected chi connectivity index (χ3v) is 2.70. The van der Waals surface area contributed by atoms with Crippen molar-refractivity contribution in [3.63, 3.8) is 0 Å². The van der Waals surface area contributed by atoms with Gasteiger partial charge in [-0.05, 0) is 11.3 Å². The lowest BCUT2D eigenvalue weighted by atomic mass is 9.87. The lowest BCUT2D eigenvalue weighted by molar-refractivity contribution is -0.141. The number of carboxylic acids is 1. The summed E-state index contributed by atoms with van der Waals surface area (Å²) in [6, 6.07) is -1.31. The summed E-state index contributed by atoms with van der Waals surface area (Å²) in [5.74, 6) is -0.630. The molecule has 100 valence electrons. The average molecular weight is 244 g/mol. The minimum atomic E-state index is -1.02. The number of hydrogen-bond acceptors (Lipinski definition) is 2. The van der Waals surface area contributed by atoms with Crippen LogP contribution in [0.25, 0.3) is 0 Å². The van der Waals surface area contributed by atoms with Gasteiger partial charge >= 0.3 is 12.0 Å². The number of hydrogen-bond donors (Lipinski definition) is 3. The van der Waals surface area contributed by atoms with Crippen molar-refractivity contribution in [2.24, 2.45) is 11.3 Å². The summed E-state index contributed by atoms with van der Waals surface area (Å²) in [6.45, 7) is 9.96. The fourth-order valence-electron chi connectivity index (χ4n) is 1.24. The second kappa shape index (κ2) is 6.47. The van der Waals surface area contributed by atoms with Gasteiger partial charge in [0.2, 0.25) is 0 Å². The molecule has 0 saturated carbocycles. The number of rotatable bonds is 5. The SMILES string of the molecule is CCC(C)CNC(=O)N[C@@H](C(=O)O)C(C)(C)C. The van der Waals surface area contributed by atoms with Gasteiger partial charge in [-0.15, -0.1) is 0 Å². The monoisotopic (exact) mass is 244 g/mol. The van der Waals surface area contributed by atoms with Gasteiger partial charge in [0.25, 0.3) is 0 Å². The summed E-state index contributed by atoms with van der Waals surface area (Å²) in [4.78, 5) is 22.6. The summed E-state index contributed by atoms with van der Waals surface area (Å²) in [5.41, 5.74) is -0.514. The molecule has 5 heteroatoms. The van der Waals surface area contributed by atoms with E-state index in [1.807, 2.05) is 13.8 Å². The van der Waals surface area contributed by atoms with E-state index in [4.69, 9.17) is 5.11 Å². The van der Waals surface area contributed by atoms with Gasteiger partial charge in [-0.3, -0.25) is 0 Å². The van der Waals surface area contributed by atoms with Gasteiger partial charge in [0, 0.05) is 6.54 Å². The third kappa shape index (κ3) is 6.14. The van der Waals surface area contributed by atoms with Crippen molar-refractivity contribution in [3.8, 4) is 0 Å². The molecule has 2 amide bonds. The summed E-state index contributed by atoms with van der Waals surface area (Å²) < 4.78 is 0. The molecular formula is C12H24N2O3. The first-order valence-electron chi connectivity index (χ1n) is 5.95. The summed E-state index contributed by atoms with van der Waals surface area (Å²) in [5, 5.41) is 14.2. The Hall–Kier alpha value is -1.26. The van der Waals surface area contributed by atoms with Crippen molar-refractivity contribution >= 4 is 12.0 Å². The van der Waals surface area contributed by atoms with Crippen LogP contribution in [-0.2, 0) is 4.79 Å². The van der Waals surface area contributed by atoms with E-state index in [1.54, 1.807) is 20.8 Å². The van der Waals surface area contributed by atoms with Crippen molar-refractivity contribution in [1.82, 2.24) is 10.6 Å². The number of carboxylic acid groups (broad SMARTS) is 1. The Bertz CT molecular complexity index is 271. The zero-order valence-corrected chi connectivity index (χ0v) is 11.3. The van der Waals surface area contributed by atoms with E-state index in [0.29, 0.717) is 12.5 Å². The van der Waals surface area contributed by atoms with Gasteiger partial charge in [-0.25, -0.2) is 9.59 Å². The summed E-state index contributed by atoms with van der Waals surface area (Å²) in [7, 11) is 0. The molecule has 2 atom stereocenters. The molecule has 0 saturated heterocycles. The molecule has 5 nitrogen and oxygen atoms in total. The molecule has 0 bridgehead atoms. The van der Waals surface area contributed by atoms with Crippen molar-refractivity contribution in [2.75, 3.05) is 6.54 Å². The van der Waals surface area contributed by atoms with Crippen LogP contribution in [0.2, 0.25) is 0 Å². The number of urea groups is 1. The molecule has 1 unspecified atom stereocenters. The smallest absolute Gasteiger partial charge is 0.326 e. The van der Waals surface area contributed by atoms with Crippen LogP contribution >= 0.6 is 0 Å². The lowest BCUT2D eigenvalue weighted by Crippen LogP contribution is -2.52. The highest BCUT2D eigenvalue weighted by Crippen LogP contribution is 2.19. The number of amides is 2. The maximum absolute atomic E-state index is 11.5. The van der Waals surface area contributed by atoms with Crippen LogP contribution in [0.1, 0.15) is 41.0 Å². The Morgan fingerprint density at radius 3 is 2.18 bits per heavy atom. The van der Waals surface area contributed by atoms with E-state index in [0.717, 1.165) is 6.42 Å². The van der Waals surface area contributed by atoms with E-state index in [1.165, 1.54) is 0 Å². The van der Waals surface area contributed by atoms with E-state index >= 15 is 0 Å². The van der Waals surface area contributed by atoms with E-state index < -0.39 is 23.5 Å². The Morgan fingerprint density at radius 2 is 1.82 bits per heavy atom. The molecular weight excluding hydrogens is 220 g/mol. The molecule has 0 spiro atoms. The Labute approximate surface area is 103 Å². The van der Waals surface area contributed by atoms with Gasteiger partial charge in [0.05, 0.1) is 0 Å². The predicted octanol–water partition coefficient (Wildman–Crippen LogP) is 1.83. The summed E-state index contributed by atoms with van der Waals surface area (Å²) >= 11 is 0. The van der Waals surface area contributed by atoms with Crippen LogP contribution in [0, 0.1) is 11.3 Å². The highest BCUT2D eigenvalue weighted by Gasteiger charge is 2.32. The maximum atomic E-state index is 11.5. The second-order valence-corrected chi connectivity index (χ2v) is 5.51. The normalized spacial score (nSPS) is 14.9. The van der Waals surface area contributed by atoms with E-state index in [2.05, 4.69) is 10.6 Å². The molecule has 0 heterocycles. The standard InChI is InChI=1S/C12H24N2O3/c1-6-8(2)7-13-11(17)14-9(10(15)16)12(3,4)5/h8-9H,6-7H2,1-5H3,(H,15,16)(H2,13,14,17)/t8?,9-/m0/s1. The number of carbonyl (C=O) groups is 2. The first kappa shape index (κ1) is 15.7. The van der Waals surface area contributed by atoms with Gasteiger partial charge in [0.1, 0.15) is 6.04 Å². The molecule has 0 aliphatic carbocycles. The maximum Gasteiger partial charge on any atom is 0.326 e. The fourth-order valence-corrected chi connectivity index (χ4v) is 1.24. The Balaban J connectivity index is 4.29. The van der Waals surface area contributed by atoms with Crippen LogP contribution in [0.5, 0.6) is 0 Å². The van der Waals surface area contributed by atoms with Gasteiger partial charge in [0.15, 0.2) is 0 Å². The van der Waals surface area contributed by atoms with Gasteiger partial charge in [-0.2, -0.15) is 0 Å². The van der Waals surface area contributed by atoms with Crippen LogP contribution in [-0.4, -0.2) is 29.7 Å². The first-order chi connectivity index (χ1) is 7.68. The molecule has 0 aliphatic heterocycles. The average Bonchev–Trinajstić information content (AvgIpc) is 2.20. The number of nitrogens with one attached hydrogen (secondary N) is 2. The number of aliphatic carboxylic acids is 1. The zero-order chi connectivity index (χ0) is 13.6. The molecule has 0 rings (SSSR count). The van der Waals surface area contributed by atoms with Gasteiger partial charge < -0.3 is 15.7 Å². The molecule has 0 fully saturated rings. The first-order valence-corrected chi connectivity index (χ1v) is 5.95. The summed E-state index contributed by atoms with van der Waals surface area (Å²) in [6.07, 6.45) is 0.974. The van der Waals surface area contributed by atoms with Crippen molar-refractivity contribution in [2.45, 2.75) is 47.1 Å². The zero-order valence-electron chi connectivity index (χ0n) is 11.3. The van der Waals surface area contributed by atoms with Gasteiger partial charge in [-0.1, -0.05) is 41.0 Å². The van der Waals surface area contributed by atoms with Crippen molar-refractivity contribution < 1.29 is 14.7 Å². The molecule has 0 radical (unpaired) electrons. The van der Waals surface area contributed by atoms with Crippen molar-refractivity contribution in [3.05, 3.63) is 0 Å². The van der Waals surface area contributed by atoms with Crippen LogP contribution in [0.3, 0.4) is 0 Å². The molecule has 3 N–H and O–H groups in total. The molecule has 0 aromatic heterocycles. The number of carbonyl (C=O) groups excluding carboxylic acids is 1. The van der Waals surface area contributed by atoms with Crippen LogP contribution in [0.15, 0.2) is 0 Å². The lowest BCUT2D eigenvalue weighted by Gasteiger charge is -2.28. The largest absolute Gasteiger partial charge is 0.480 e. The minimum Gasteiger partial charge on any atom is -0.480 e. The molecule has 0 aliphatic rings. The Morgan fingerprint density at radius 1 is 1.29 bits per heavy atom. The topological polar surface area (TPSA) is 78.4 Å². The van der Waals surface area contributed by atoms with Crippen LogP contribution in [0.4, 0.5) is 4.79 Å². The van der Waals surface area contributed by atoms with Crippen molar-refractivity contribution in [1.29, 1.82) is 0 Å². The predicted molar refractivity (Wildman–Crippen MR) is 66.9 cm³/mol. The Kier molecular flexibility index (Phi) is 5.99. The van der Waals surface area contributed by atoms with Crippen LogP contribution < -0.4 is 10.6 Å². The molecule has 17 heavy (non-hydrogen) atoms.